The van der Waals surface area contributed by atoms with Crippen molar-refractivity contribution in [3.63, 3.8) is 0 Å². The molecule has 1 unspecified atom stereocenters. The van der Waals surface area contributed by atoms with E-state index in [0.29, 0.717) is 18.6 Å². The predicted octanol–water partition coefficient (Wildman–Crippen LogP) is 2.56. The monoisotopic (exact) mass is 292 g/mol. The highest BCUT2D eigenvalue weighted by molar-refractivity contribution is 5.76. The fourth-order valence-corrected chi connectivity index (χ4v) is 2.60. The molecule has 0 aliphatic heterocycles. The highest BCUT2D eigenvalue weighted by atomic mass is 16.4. The quantitative estimate of drug-likeness (QED) is 0.687. The number of hydrogen-bond acceptors (Lipinski definition) is 3. The van der Waals surface area contributed by atoms with Crippen LogP contribution in [0.1, 0.15) is 39.2 Å². The van der Waals surface area contributed by atoms with E-state index in [1.807, 2.05) is 30.3 Å². The molecule has 1 atom stereocenters. The Kier molecular flexibility index (Phi) is 7.40. The fourth-order valence-electron chi connectivity index (χ4n) is 2.60. The van der Waals surface area contributed by atoms with Crippen LogP contribution < -0.4 is 5.32 Å². The highest BCUT2D eigenvalue weighted by Crippen LogP contribution is 2.14. The molecule has 0 heterocycles. The summed E-state index contributed by atoms with van der Waals surface area (Å²) < 4.78 is 0. The standard InChI is InChI=1S/C17H28N2O2/c1-13(2)19(14(3)4)11-10-18-12-16(17(20)21)15-8-6-5-7-9-15/h5-9,13-14,16,18H,10-12H2,1-4H3,(H,20,21). The summed E-state index contributed by atoms with van der Waals surface area (Å²) in [6.45, 7) is 10.9. The molecule has 0 aliphatic rings. The number of benzene rings is 1. The molecule has 118 valence electrons. The molecular weight excluding hydrogens is 264 g/mol. The van der Waals surface area contributed by atoms with Gasteiger partial charge in [-0.05, 0) is 33.3 Å². The van der Waals surface area contributed by atoms with Crippen molar-refractivity contribution in [2.24, 2.45) is 0 Å². The Balaban J connectivity index is 2.47. The minimum absolute atomic E-state index is 0.462. The van der Waals surface area contributed by atoms with E-state index in [9.17, 15) is 9.90 Å². The summed E-state index contributed by atoms with van der Waals surface area (Å²) in [6.07, 6.45) is 0. The van der Waals surface area contributed by atoms with E-state index in [2.05, 4.69) is 37.9 Å². The average Bonchev–Trinajstić information content (AvgIpc) is 2.42. The van der Waals surface area contributed by atoms with Gasteiger partial charge in [0.1, 0.15) is 0 Å². The van der Waals surface area contributed by atoms with Gasteiger partial charge in [0, 0.05) is 31.7 Å². The molecule has 1 aromatic carbocycles. The molecule has 0 spiro atoms. The largest absolute Gasteiger partial charge is 0.481 e. The van der Waals surface area contributed by atoms with Crippen LogP contribution in [-0.4, -0.2) is 47.7 Å². The third-order valence-corrected chi connectivity index (χ3v) is 3.72. The molecule has 0 aromatic heterocycles. The molecule has 2 N–H and O–H groups in total. The van der Waals surface area contributed by atoms with Crippen molar-refractivity contribution < 1.29 is 9.90 Å². The lowest BCUT2D eigenvalue weighted by Gasteiger charge is -2.30. The molecule has 4 nitrogen and oxygen atoms in total. The summed E-state index contributed by atoms with van der Waals surface area (Å²) in [6, 6.07) is 10.4. The van der Waals surface area contributed by atoms with Gasteiger partial charge in [0.05, 0.1) is 5.92 Å². The van der Waals surface area contributed by atoms with Crippen molar-refractivity contribution in [3.05, 3.63) is 35.9 Å². The van der Waals surface area contributed by atoms with Crippen molar-refractivity contribution in [1.29, 1.82) is 0 Å². The van der Waals surface area contributed by atoms with Crippen LogP contribution in [0.3, 0.4) is 0 Å². The second-order valence-electron chi connectivity index (χ2n) is 5.93. The molecule has 1 aromatic rings. The summed E-state index contributed by atoms with van der Waals surface area (Å²) in [5.41, 5.74) is 0.849. The van der Waals surface area contributed by atoms with Crippen molar-refractivity contribution in [3.8, 4) is 0 Å². The van der Waals surface area contributed by atoms with Gasteiger partial charge in [-0.25, -0.2) is 0 Å². The summed E-state index contributed by atoms with van der Waals surface area (Å²) >= 11 is 0. The molecule has 0 saturated heterocycles. The summed E-state index contributed by atoms with van der Waals surface area (Å²) in [4.78, 5) is 13.8. The van der Waals surface area contributed by atoms with Gasteiger partial charge in [-0.15, -0.1) is 0 Å². The Bertz CT molecular complexity index is 410. The number of hydrogen-bond donors (Lipinski definition) is 2. The maximum atomic E-state index is 11.4. The Hall–Kier alpha value is -1.39. The Morgan fingerprint density at radius 3 is 2.19 bits per heavy atom. The number of nitrogens with one attached hydrogen (secondary N) is 1. The molecule has 1 rings (SSSR count). The zero-order chi connectivity index (χ0) is 15.8. The molecule has 0 saturated carbocycles. The SMILES string of the molecule is CC(C)N(CCNCC(C(=O)O)c1ccccc1)C(C)C. The number of carboxylic acids is 1. The van der Waals surface area contributed by atoms with E-state index in [1.54, 1.807) is 0 Å². The predicted molar refractivity (Wildman–Crippen MR) is 86.7 cm³/mol. The second-order valence-corrected chi connectivity index (χ2v) is 5.93. The summed E-state index contributed by atoms with van der Waals surface area (Å²) in [7, 11) is 0. The van der Waals surface area contributed by atoms with Crippen molar-refractivity contribution in [2.45, 2.75) is 45.7 Å². The molecule has 4 heteroatoms. The van der Waals surface area contributed by atoms with Gasteiger partial charge in [0.25, 0.3) is 0 Å². The smallest absolute Gasteiger partial charge is 0.312 e. The number of nitrogens with zero attached hydrogens (tertiary/aromatic N) is 1. The molecule has 0 bridgehead atoms. The van der Waals surface area contributed by atoms with E-state index in [1.165, 1.54) is 0 Å². The summed E-state index contributed by atoms with van der Waals surface area (Å²) in [5.74, 6) is -1.27. The first-order valence-corrected chi connectivity index (χ1v) is 7.67. The Labute approximate surface area is 128 Å². The molecule has 21 heavy (non-hydrogen) atoms. The second kappa shape index (κ2) is 8.80. The van der Waals surface area contributed by atoms with E-state index in [4.69, 9.17) is 0 Å². The number of aliphatic carboxylic acids is 1. The first kappa shape index (κ1) is 17.7. The van der Waals surface area contributed by atoms with Crippen molar-refractivity contribution >= 4 is 5.97 Å². The van der Waals surface area contributed by atoms with Crippen LogP contribution in [0, 0.1) is 0 Å². The third kappa shape index (κ3) is 5.86. The van der Waals surface area contributed by atoms with E-state index in [0.717, 1.165) is 18.7 Å². The highest BCUT2D eigenvalue weighted by Gasteiger charge is 2.19. The molecular formula is C17H28N2O2. The molecule has 0 amide bonds. The molecule has 0 fully saturated rings. The zero-order valence-electron chi connectivity index (χ0n) is 13.5. The molecule has 0 aliphatic carbocycles. The maximum Gasteiger partial charge on any atom is 0.312 e. The normalized spacial score (nSPS) is 13.1. The van der Waals surface area contributed by atoms with Crippen LogP contribution in [0.2, 0.25) is 0 Å². The van der Waals surface area contributed by atoms with Crippen LogP contribution in [-0.2, 0) is 4.79 Å². The zero-order valence-corrected chi connectivity index (χ0v) is 13.5. The minimum atomic E-state index is -0.779. The van der Waals surface area contributed by atoms with E-state index in [-0.39, 0.29) is 0 Å². The lowest BCUT2D eigenvalue weighted by atomic mass is 9.99. The number of rotatable bonds is 9. The Morgan fingerprint density at radius 1 is 1.14 bits per heavy atom. The number of carbonyl (C=O) groups is 1. The maximum absolute atomic E-state index is 11.4. The number of carboxylic acid groups (broad SMARTS) is 1. The van der Waals surface area contributed by atoms with Crippen LogP contribution >= 0.6 is 0 Å². The van der Waals surface area contributed by atoms with Crippen LogP contribution in [0.25, 0.3) is 0 Å². The van der Waals surface area contributed by atoms with Crippen molar-refractivity contribution in [1.82, 2.24) is 10.2 Å². The third-order valence-electron chi connectivity index (χ3n) is 3.72. The lowest BCUT2D eigenvalue weighted by molar-refractivity contribution is -0.138. The van der Waals surface area contributed by atoms with Gasteiger partial charge in [-0.3, -0.25) is 9.69 Å². The average molecular weight is 292 g/mol. The van der Waals surface area contributed by atoms with Crippen molar-refractivity contribution in [2.75, 3.05) is 19.6 Å². The van der Waals surface area contributed by atoms with Gasteiger partial charge in [-0.2, -0.15) is 0 Å². The minimum Gasteiger partial charge on any atom is -0.481 e. The van der Waals surface area contributed by atoms with Gasteiger partial charge in [0.15, 0.2) is 0 Å². The van der Waals surface area contributed by atoms with Crippen LogP contribution in [0.4, 0.5) is 0 Å². The first-order valence-electron chi connectivity index (χ1n) is 7.67. The van der Waals surface area contributed by atoms with Gasteiger partial charge in [-0.1, -0.05) is 30.3 Å². The lowest BCUT2D eigenvalue weighted by Crippen LogP contribution is -2.42. The topological polar surface area (TPSA) is 52.6 Å². The van der Waals surface area contributed by atoms with E-state index < -0.39 is 11.9 Å². The van der Waals surface area contributed by atoms with Gasteiger partial charge in [0.2, 0.25) is 0 Å². The Morgan fingerprint density at radius 2 is 1.71 bits per heavy atom. The summed E-state index contributed by atoms with van der Waals surface area (Å²) in [5, 5.41) is 12.6. The molecule has 0 radical (unpaired) electrons. The fraction of sp³-hybridized carbons (Fsp3) is 0.588. The van der Waals surface area contributed by atoms with Crippen LogP contribution in [0.15, 0.2) is 30.3 Å². The first-order chi connectivity index (χ1) is 9.93. The van der Waals surface area contributed by atoms with Crippen LogP contribution in [0.5, 0.6) is 0 Å². The van der Waals surface area contributed by atoms with Gasteiger partial charge >= 0.3 is 5.97 Å². The van der Waals surface area contributed by atoms with E-state index >= 15 is 0 Å². The van der Waals surface area contributed by atoms with Gasteiger partial charge < -0.3 is 10.4 Å².